The van der Waals surface area contributed by atoms with Crippen LogP contribution in [0.25, 0.3) is 0 Å². The highest BCUT2D eigenvalue weighted by atomic mass is 32.1. The predicted octanol–water partition coefficient (Wildman–Crippen LogP) is 3.10. The van der Waals surface area contributed by atoms with Crippen LogP contribution in [0, 0.1) is 0 Å². The number of benzene rings is 1. The van der Waals surface area contributed by atoms with Crippen LogP contribution in [0.1, 0.15) is 29.8 Å². The van der Waals surface area contributed by atoms with Crippen molar-refractivity contribution in [2.75, 3.05) is 13.7 Å². The number of nitrogens with one attached hydrogen (secondary N) is 1. The summed E-state index contributed by atoms with van der Waals surface area (Å²) >= 11 is 1.62. The van der Waals surface area contributed by atoms with Gasteiger partial charge >= 0.3 is 0 Å². The van der Waals surface area contributed by atoms with Crippen LogP contribution < -0.4 is 20.7 Å². The van der Waals surface area contributed by atoms with Crippen LogP contribution >= 0.6 is 11.3 Å². The predicted molar refractivity (Wildman–Crippen MR) is 82.3 cm³/mol. The standard InChI is InChI=1S/C15H20N2O2S/c1-3-9-19-12-6-4-11(5-7-12)14(17-16)15-13(18-2)8-10-20-15/h4-8,10,14,17H,3,9,16H2,1-2H3. The highest BCUT2D eigenvalue weighted by molar-refractivity contribution is 7.10. The van der Waals surface area contributed by atoms with E-state index in [1.807, 2.05) is 35.7 Å². The molecule has 0 amide bonds. The summed E-state index contributed by atoms with van der Waals surface area (Å²) < 4.78 is 10.9. The molecule has 1 aromatic heterocycles. The van der Waals surface area contributed by atoms with Gasteiger partial charge in [0, 0.05) is 0 Å². The molecule has 0 fully saturated rings. The van der Waals surface area contributed by atoms with Crippen molar-refractivity contribution < 1.29 is 9.47 Å². The van der Waals surface area contributed by atoms with Crippen LogP contribution in [-0.2, 0) is 0 Å². The Labute approximate surface area is 123 Å². The highest BCUT2D eigenvalue weighted by Gasteiger charge is 2.18. The maximum atomic E-state index is 5.71. The summed E-state index contributed by atoms with van der Waals surface area (Å²) in [5.41, 5.74) is 3.93. The van der Waals surface area contributed by atoms with Gasteiger partial charge in [-0.3, -0.25) is 5.84 Å². The largest absolute Gasteiger partial charge is 0.496 e. The normalized spacial score (nSPS) is 12.2. The number of ether oxygens (including phenoxy) is 2. The van der Waals surface area contributed by atoms with Gasteiger partial charge in [0.25, 0.3) is 0 Å². The van der Waals surface area contributed by atoms with Gasteiger partial charge < -0.3 is 9.47 Å². The Morgan fingerprint density at radius 3 is 2.60 bits per heavy atom. The lowest BCUT2D eigenvalue weighted by atomic mass is 10.1. The second-order valence-corrected chi connectivity index (χ2v) is 5.32. The Hall–Kier alpha value is -1.56. The van der Waals surface area contributed by atoms with Gasteiger partial charge in [-0.15, -0.1) is 11.3 Å². The van der Waals surface area contributed by atoms with Gasteiger partial charge in [-0.1, -0.05) is 19.1 Å². The van der Waals surface area contributed by atoms with E-state index < -0.39 is 0 Å². The molecule has 1 unspecified atom stereocenters. The van der Waals surface area contributed by atoms with Crippen LogP contribution in [0.4, 0.5) is 0 Å². The molecule has 1 atom stereocenters. The molecule has 0 saturated carbocycles. The topological polar surface area (TPSA) is 56.5 Å². The Bertz CT molecular complexity index is 525. The van der Waals surface area contributed by atoms with E-state index in [0.717, 1.165) is 35.0 Å². The molecule has 20 heavy (non-hydrogen) atoms. The Morgan fingerprint density at radius 1 is 1.25 bits per heavy atom. The number of rotatable bonds is 7. The van der Waals surface area contributed by atoms with E-state index in [9.17, 15) is 0 Å². The third kappa shape index (κ3) is 3.30. The molecule has 0 aliphatic carbocycles. The zero-order valence-electron chi connectivity index (χ0n) is 11.8. The van der Waals surface area contributed by atoms with E-state index in [1.54, 1.807) is 18.4 Å². The lowest BCUT2D eigenvalue weighted by Gasteiger charge is -2.17. The molecule has 2 aromatic rings. The van der Waals surface area contributed by atoms with Gasteiger partial charge in [0.1, 0.15) is 11.5 Å². The molecule has 0 aliphatic heterocycles. The first-order valence-corrected chi connectivity index (χ1v) is 7.48. The molecule has 0 bridgehead atoms. The fourth-order valence-electron chi connectivity index (χ4n) is 1.99. The van der Waals surface area contributed by atoms with Crippen LogP contribution in [-0.4, -0.2) is 13.7 Å². The zero-order valence-corrected chi connectivity index (χ0v) is 12.6. The van der Waals surface area contributed by atoms with Gasteiger partial charge in [0.2, 0.25) is 0 Å². The average molecular weight is 292 g/mol. The summed E-state index contributed by atoms with van der Waals surface area (Å²) in [6.45, 7) is 2.82. The molecule has 0 aliphatic rings. The lowest BCUT2D eigenvalue weighted by Crippen LogP contribution is -2.28. The third-order valence-corrected chi connectivity index (χ3v) is 3.96. The van der Waals surface area contributed by atoms with E-state index in [2.05, 4.69) is 12.3 Å². The first kappa shape index (κ1) is 14.8. The van der Waals surface area contributed by atoms with Crippen molar-refractivity contribution >= 4 is 11.3 Å². The number of hydrogen-bond donors (Lipinski definition) is 2. The van der Waals surface area contributed by atoms with Crippen molar-refractivity contribution in [1.29, 1.82) is 0 Å². The summed E-state index contributed by atoms with van der Waals surface area (Å²) in [6.07, 6.45) is 1.00. The highest BCUT2D eigenvalue weighted by Crippen LogP contribution is 2.34. The fraction of sp³-hybridized carbons (Fsp3) is 0.333. The summed E-state index contributed by atoms with van der Waals surface area (Å²) in [6, 6.07) is 9.85. The maximum absolute atomic E-state index is 5.71. The first-order valence-electron chi connectivity index (χ1n) is 6.60. The number of hydrogen-bond acceptors (Lipinski definition) is 5. The smallest absolute Gasteiger partial charge is 0.134 e. The molecular weight excluding hydrogens is 272 g/mol. The second-order valence-electron chi connectivity index (χ2n) is 4.37. The van der Waals surface area contributed by atoms with E-state index in [-0.39, 0.29) is 6.04 Å². The van der Waals surface area contributed by atoms with E-state index in [1.165, 1.54) is 0 Å². The molecule has 2 rings (SSSR count). The van der Waals surface area contributed by atoms with Gasteiger partial charge in [-0.25, -0.2) is 5.43 Å². The van der Waals surface area contributed by atoms with Gasteiger partial charge in [0.05, 0.1) is 24.6 Å². The molecule has 5 heteroatoms. The summed E-state index contributed by atoms with van der Waals surface area (Å²) in [7, 11) is 1.67. The van der Waals surface area contributed by atoms with Crippen LogP contribution in [0.15, 0.2) is 35.7 Å². The van der Waals surface area contributed by atoms with Crippen molar-refractivity contribution in [2.45, 2.75) is 19.4 Å². The SMILES string of the molecule is CCCOc1ccc(C(NN)c2sccc2OC)cc1. The molecule has 0 radical (unpaired) electrons. The number of thiophene rings is 1. The van der Waals surface area contributed by atoms with Crippen molar-refractivity contribution in [1.82, 2.24) is 5.43 Å². The zero-order chi connectivity index (χ0) is 14.4. The first-order chi connectivity index (χ1) is 9.80. The van der Waals surface area contributed by atoms with Crippen molar-refractivity contribution in [3.63, 3.8) is 0 Å². The minimum Gasteiger partial charge on any atom is -0.496 e. The molecule has 3 N–H and O–H groups in total. The van der Waals surface area contributed by atoms with E-state index >= 15 is 0 Å². The molecule has 4 nitrogen and oxygen atoms in total. The molecule has 0 spiro atoms. The maximum Gasteiger partial charge on any atom is 0.134 e. The summed E-state index contributed by atoms with van der Waals surface area (Å²) in [5.74, 6) is 7.44. The lowest BCUT2D eigenvalue weighted by molar-refractivity contribution is 0.317. The Balaban J connectivity index is 2.19. The Morgan fingerprint density at radius 2 is 2.00 bits per heavy atom. The Kier molecular flexibility index (Phi) is 5.40. The molecule has 1 heterocycles. The van der Waals surface area contributed by atoms with Gasteiger partial charge in [-0.05, 0) is 35.6 Å². The number of methoxy groups -OCH3 is 1. The average Bonchev–Trinajstić information content (AvgIpc) is 2.95. The van der Waals surface area contributed by atoms with Crippen molar-refractivity contribution in [2.24, 2.45) is 5.84 Å². The van der Waals surface area contributed by atoms with Crippen LogP contribution in [0.3, 0.4) is 0 Å². The van der Waals surface area contributed by atoms with Crippen molar-refractivity contribution in [3.8, 4) is 11.5 Å². The van der Waals surface area contributed by atoms with Gasteiger partial charge in [-0.2, -0.15) is 0 Å². The molecule has 108 valence electrons. The summed E-state index contributed by atoms with van der Waals surface area (Å²) in [4.78, 5) is 1.07. The van der Waals surface area contributed by atoms with Gasteiger partial charge in [0.15, 0.2) is 0 Å². The van der Waals surface area contributed by atoms with Crippen LogP contribution in [0.2, 0.25) is 0 Å². The van der Waals surface area contributed by atoms with E-state index in [0.29, 0.717) is 0 Å². The number of nitrogens with two attached hydrogens (primary N) is 1. The second kappa shape index (κ2) is 7.28. The van der Waals surface area contributed by atoms with E-state index in [4.69, 9.17) is 15.3 Å². The monoisotopic (exact) mass is 292 g/mol. The quantitative estimate of drug-likeness (QED) is 0.608. The number of hydrazine groups is 1. The van der Waals surface area contributed by atoms with Crippen LogP contribution in [0.5, 0.6) is 11.5 Å². The molecule has 0 saturated heterocycles. The third-order valence-electron chi connectivity index (χ3n) is 2.99. The fourth-order valence-corrected chi connectivity index (χ4v) is 2.93. The minimum atomic E-state index is -0.0785. The molecule has 1 aromatic carbocycles. The molecular formula is C15H20N2O2S. The van der Waals surface area contributed by atoms with Crippen molar-refractivity contribution in [3.05, 3.63) is 46.2 Å². The summed E-state index contributed by atoms with van der Waals surface area (Å²) in [5, 5.41) is 2.00. The minimum absolute atomic E-state index is 0.0785.